The molecule has 0 amide bonds. The lowest BCUT2D eigenvalue weighted by atomic mass is 9.75. The normalized spacial score (nSPS) is 23.3. The largest absolute Gasteiger partial charge is 0.497 e. The Labute approximate surface area is 122 Å². The fourth-order valence-corrected chi connectivity index (χ4v) is 3.33. The first-order valence-corrected chi connectivity index (χ1v) is 7.54. The highest BCUT2D eigenvalue weighted by atomic mass is 16.5. The van der Waals surface area contributed by atoms with E-state index in [9.17, 15) is 0 Å². The molecule has 0 radical (unpaired) electrons. The lowest BCUT2D eigenvalue weighted by molar-refractivity contribution is -0.0771. The maximum Gasteiger partial charge on any atom is 0.118 e. The Balaban J connectivity index is 2.16. The van der Waals surface area contributed by atoms with Gasteiger partial charge in [0.05, 0.1) is 12.7 Å². The van der Waals surface area contributed by atoms with E-state index in [0.717, 1.165) is 38.2 Å². The van der Waals surface area contributed by atoms with Crippen LogP contribution in [0.15, 0.2) is 24.3 Å². The Morgan fingerprint density at radius 2 is 2.05 bits per heavy atom. The summed E-state index contributed by atoms with van der Waals surface area (Å²) in [7, 11) is 1.70. The van der Waals surface area contributed by atoms with Crippen molar-refractivity contribution in [2.75, 3.05) is 20.3 Å². The van der Waals surface area contributed by atoms with Gasteiger partial charge >= 0.3 is 0 Å². The van der Waals surface area contributed by atoms with Crippen LogP contribution in [0.1, 0.15) is 44.6 Å². The minimum Gasteiger partial charge on any atom is -0.497 e. The summed E-state index contributed by atoms with van der Waals surface area (Å²) in [6.07, 6.45) is 3.26. The molecule has 0 aliphatic carbocycles. The smallest absolute Gasteiger partial charge is 0.118 e. The molecule has 1 aromatic rings. The van der Waals surface area contributed by atoms with Gasteiger partial charge in [-0.1, -0.05) is 12.1 Å². The number of benzene rings is 1. The molecule has 0 spiro atoms. The van der Waals surface area contributed by atoms with Gasteiger partial charge in [-0.3, -0.25) is 0 Å². The zero-order valence-electron chi connectivity index (χ0n) is 12.9. The SMILES string of the molecule is COc1ccc([C@@H](CCN)[C@@H]2CCOC(C)(C)C2)cc1. The van der Waals surface area contributed by atoms with Crippen LogP contribution >= 0.6 is 0 Å². The van der Waals surface area contributed by atoms with Crippen molar-refractivity contribution < 1.29 is 9.47 Å². The molecule has 112 valence electrons. The second kappa shape index (κ2) is 6.59. The summed E-state index contributed by atoms with van der Waals surface area (Å²) in [5.41, 5.74) is 7.20. The van der Waals surface area contributed by atoms with Crippen molar-refractivity contribution in [3.05, 3.63) is 29.8 Å². The Kier molecular flexibility index (Phi) is 5.06. The quantitative estimate of drug-likeness (QED) is 0.898. The summed E-state index contributed by atoms with van der Waals surface area (Å²) in [6.45, 7) is 5.96. The highest BCUT2D eigenvalue weighted by Crippen LogP contribution is 2.40. The van der Waals surface area contributed by atoms with Crippen molar-refractivity contribution in [2.45, 2.75) is 44.6 Å². The summed E-state index contributed by atoms with van der Waals surface area (Å²) in [5, 5.41) is 0. The molecule has 1 aliphatic rings. The number of ether oxygens (including phenoxy) is 2. The van der Waals surface area contributed by atoms with Gasteiger partial charge in [-0.2, -0.15) is 0 Å². The van der Waals surface area contributed by atoms with E-state index < -0.39 is 0 Å². The molecule has 1 aliphatic heterocycles. The van der Waals surface area contributed by atoms with Crippen molar-refractivity contribution in [1.82, 2.24) is 0 Å². The molecule has 1 saturated heterocycles. The lowest BCUT2D eigenvalue weighted by Gasteiger charge is -2.39. The third kappa shape index (κ3) is 3.74. The molecular weight excluding hydrogens is 250 g/mol. The molecule has 2 N–H and O–H groups in total. The Morgan fingerprint density at radius 1 is 1.35 bits per heavy atom. The third-order valence-corrected chi connectivity index (χ3v) is 4.33. The van der Waals surface area contributed by atoms with Crippen LogP contribution in [-0.2, 0) is 4.74 Å². The van der Waals surface area contributed by atoms with Crippen LogP contribution in [0.25, 0.3) is 0 Å². The monoisotopic (exact) mass is 277 g/mol. The van der Waals surface area contributed by atoms with E-state index in [2.05, 4.69) is 26.0 Å². The summed E-state index contributed by atoms with van der Waals surface area (Å²) in [4.78, 5) is 0. The molecule has 1 aromatic carbocycles. The van der Waals surface area contributed by atoms with Gasteiger partial charge in [0.15, 0.2) is 0 Å². The summed E-state index contributed by atoms with van der Waals surface area (Å²) in [6, 6.07) is 8.45. The molecule has 3 nitrogen and oxygen atoms in total. The first-order chi connectivity index (χ1) is 9.55. The summed E-state index contributed by atoms with van der Waals surface area (Å²) >= 11 is 0. The number of methoxy groups -OCH3 is 1. The lowest BCUT2D eigenvalue weighted by Crippen LogP contribution is -2.36. The van der Waals surface area contributed by atoms with Gasteiger partial charge in [0.2, 0.25) is 0 Å². The number of hydrogen-bond donors (Lipinski definition) is 1. The van der Waals surface area contributed by atoms with E-state index in [1.807, 2.05) is 12.1 Å². The molecule has 0 bridgehead atoms. The predicted octanol–water partition coefficient (Wildman–Crippen LogP) is 3.33. The van der Waals surface area contributed by atoms with Crippen LogP contribution in [0.4, 0.5) is 0 Å². The molecule has 20 heavy (non-hydrogen) atoms. The standard InChI is InChI=1S/C17H27NO2/c1-17(2)12-14(9-11-20-17)16(8-10-18)13-4-6-15(19-3)7-5-13/h4-7,14,16H,8-12,18H2,1-3H3/t14-,16-/m1/s1. The van der Waals surface area contributed by atoms with Crippen LogP contribution in [0.5, 0.6) is 5.75 Å². The number of nitrogens with two attached hydrogens (primary N) is 1. The van der Waals surface area contributed by atoms with E-state index in [4.69, 9.17) is 15.2 Å². The zero-order valence-corrected chi connectivity index (χ0v) is 12.9. The Hall–Kier alpha value is -1.06. The second-order valence-electron chi connectivity index (χ2n) is 6.32. The molecule has 0 unspecified atom stereocenters. The minimum atomic E-state index is -0.0117. The van der Waals surface area contributed by atoms with Crippen LogP contribution in [0.3, 0.4) is 0 Å². The molecule has 1 heterocycles. The van der Waals surface area contributed by atoms with Gasteiger partial charge in [0.25, 0.3) is 0 Å². The van der Waals surface area contributed by atoms with Gasteiger partial charge in [0, 0.05) is 6.61 Å². The van der Waals surface area contributed by atoms with Crippen molar-refractivity contribution >= 4 is 0 Å². The van der Waals surface area contributed by atoms with Gasteiger partial charge in [-0.15, -0.1) is 0 Å². The fraction of sp³-hybridized carbons (Fsp3) is 0.647. The molecule has 0 aromatic heterocycles. The van der Waals surface area contributed by atoms with Crippen molar-refractivity contribution in [3.63, 3.8) is 0 Å². The first kappa shape index (κ1) is 15.3. The highest BCUT2D eigenvalue weighted by molar-refractivity contribution is 5.30. The fourth-order valence-electron chi connectivity index (χ4n) is 3.33. The zero-order chi connectivity index (χ0) is 14.6. The molecule has 1 fully saturated rings. The van der Waals surface area contributed by atoms with E-state index in [-0.39, 0.29) is 5.60 Å². The van der Waals surface area contributed by atoms with E-state index in [0.29, 0.717) is 11.8 Å². The average molecular weight is 277 g/mol. The van der Waals surface area contributed by atoms with Crippen molar-refractivity contribution in [2.24, 2.45) is 11.7 Å². The van der Waals surface area contributed by atoms with Crippen molar-refractivity contribution in [3.8, 4) is 5.75 Å². The van der Waals surface area contributed by atoms with E-state index >= 15 is 0 Å². The van der Waals surface area contributed by atoms with Gasteiger partial charge in [0.1, 0.15) is 5.75 Å². The predicted molar refractivity (Wildman–Crippen MR) is 82.2 cm³/mol. The first-order valence-electron chi connectivity index (χ1n) is 7.54. The minimum absolute atomic E-state index is 0.0117. The van der Waals surface area contributed by atoms with Gasteiger partial charge < -0.3 is 15.2 Å². The van der Waals surface area contributed by atoms with Crippen LogP contribution in [-0.4, -0.2) is 25.9 Å². The Bertz CT molecular complexity index is 414. The van der Waals surface area contributed by atoms with Crippen molar-refractivity contribution in [1.29, 1.82) is 0 Å². The molecule has 0 saturated carbocycles. The van der Waals surface area contributed by atoms with Crippen LogP contribution in [0.2, 0.25) is 0 Å². The molecular formula is C17H27NO2. The highest BCUT2D eigenvalue weighted by Gasteiger charge is 2.33. The summed E-state index contributed by atoms with van der Waals surface area (Å²) in [5.74, 6) is 2.08. The third-order valence-electron chi connectivity index (χ3n) is 4.33. The van der Waals surface area contributed by atoms with Crippen LogP contribution in [0, 0.1) is 5.92 Å². The molecule has 2 atom stereocenters. The average Bonchev–Trinajstić information content (AvgIpc) is 2.44. The second-order valence-corrected chi connectivity index (χ2v) is 6.32. The maximum atomic E-state index is 5.84. The van der Waals surface area contributed by atoms with Gasteiger partial charge in [-0.05, 0) is 69.2 Å². The molecule has 3 heteroatoms. The summed E-state index contributed by atoms with van der Waals surface area (Å²) < 4.78 is 11.1. The number of rotatable bonds is 5. The maximum absolute atomic E-state index is 5.84. The number of hydrogen-bond acceptors (Lipinski definition) is 3. The molecule has 2 rings (SSSR count). The Morgan fingerprint density at radius 3 is 2.60 bits per heavy atom. The van der Waals surface area contributed by atoms with Gasteiger partial charge in [-0.25, -0.2) is 0 Å². The topological polar surface area (TPSA) is 44.5 Å². The van der Waals surface area contributed by atoms with Crippen LogP contribution < -0.4 is 10.5 Å². The van der Waals surface area contributed by atoms with E-state index in [1.54, 1.807) is 7.11 Å². The van der Waals surface area contributed by atoms with E-state index in [1.165, 1.54) is 5.56 Å².